The topological polar surface area (TPSA) is 129 Å². The lowest BCUT2D eigenvalue weighted by Crippen LogP contribution is -2.17. The van der Waals surface area contributed by atoms with E-state index in [1.54, 1.807) is 31.4 Å². The molecule has 3 rings (SSSR count). The fraction of sp³-hybridized carbons (Fsp3) is 0.278. The highest BCUT2D eigenvalue weighted by molar-refractivity contribution is 7.90. The van der Waals surface area contributed by atoms with Gasteiger partial charge in [-0.2, -0.15) is 9.61 Å². The van der Waals surface area contributed by atoms with Crippen molar-refractivity contribution in [3.8, 4) is 5.75 Å². The molecule has 0 radical (unpaired) electrons. The summed E-state index contributed by atoms with van der Waals surface area (Å²) in [5.74, 6) is -0.0419. The summed E-state index contributed by atoms with van der Waals surface area (Å²) in [4.78, 5) is 16.2. The first-order valence-electron chi connectivity index (χ1n) is 8.46. The minimum atomic E-state index is -3.61. The van der Waals surface area contributed by atoms with E-state index >= 15 is 0 Å². The first-order valence-corrected chi connectivity index (χ1v) is 10.3. The van der Waals surface area contributed by atoms with Crippen molar-refractivity contribution in [2.75, 3.05) is 18.7 Å². The number of ether oxygens (including phenoxy) is 1. The van der Waals surface area contributed by atoms with Gasteiger partial charge >= 0.3 is 0 Å². The second-order valence-corrected chi connectivity index (χ2v) is 8.55. The van der Waals surface area contributed by atoms with Crippen molar-refractivity contribution in [2.24, 2.45) is 5.73 Å². The largest absolute Gasteiger partial charge is 0.497 e. The molecule has 0 spiro atoms. The highest BCUT2D eigenvalue weighted by Gasteiger charge is 2.27. The number of anilines is 2. The second-order valence-electron chi connectivity index (χ2n) is 6.62. The van der Waals surface area contributed by atoms with Gasteiger partial charge < -0.3 is 15.8 Å². The molecule has 1 aromatic carbocycles. The van der Waals surface area contributed by atoms with Gasteiger partial charge in [-0.3, -0.25) is 4.79 Å². The summed E-state index contributed by atoms with van der Waals surface area (Å²) in [6.07, 6.45) is 2.41. The van der Waals surface area contributed by atoms with Crippen LogP contribution in [0.2, 0.25) is 0 Å². The molecule has 0 fully saturated rings. The number of carbonyl (C=O) groups is 1. The monoisotopic (exact) mass is 403 g/mol. The zero-order valence-corrected chi connectivity index (χ0v) is 16.7. The van der Waals surface area contributed by atoms with Gasteiger partial charge in [0.05, 0.1) is 7.11 Å². The van der Waals surface area contributed by atoms with E-state index in [-0.39, 0.29) is 22.3 Å². The van der Waals surface area contributed by atoms with E-state index in [0.29, 0.717) is 22.6 Å². The van der Waals surface area contributed by atoms with E-state index in [4.69, 9.17) is 10.5 Å². The van der Waals surface area contributed by atoms with Gasteiger partial charge in [0, 0.05) is 29.8 Å². The smallest absolute Gasteiger partial charge is 0.254 e. The third-order valence-electron chi connectivity index (χ3n) is 4.17. The third-order valence-corrected chi connectivity index (χ3v) is 5.18. The molecule has 1 amide bonds. The quantitative estimate of drug-likeness (QED) is 0.645. The van der Waals surface area contributed by atoms with E-state index in [2.05, 4.69) is 15.4 Å². The van der Waals surface area contributed by atoms with Crippen LogP contribution in [0.3, 0.4) is 0 Å². The lowest BCUT2D eigenvalue weighted by molar-refractivity contribution is 0.100. The number of sulfone groups is 1. The average molecular weight is 403 g/mol. The van der Waals surface area contributed by atoms with Gasteiger partial charge in [0.25, 0.3) is 5.91 Å². The molecule has 0 aliphatic rings. The van der Waals surface area contributed by atoms with Crippen LogP contribution in [0.1, 0.15) is 35.7 Å². The van der Waals surface area contributed by atoms with E-state index in [1.165, 1.54) is 10.7 Å². The summed E-state index contributed by atoms with van der Waals surface area (Å²) in [7, 11) is -2.07. The lowest BCUT2D eigenvalue weighted by Gasteiger charge is -2.13. The molecule has 0 saturated carbocycles. The van der Waals surface area contributed by atoms with Crippen LogP contribution >= 0.6 is 0 Å². The second kappa shape index (κ2) is 7.12. The van der Waals surface area contributed by atoms with Crippen LogP contribution in [0.25, 0.3) is 5.65 Å². The van der Waals surface area contributed by atoms with E-state index in [0.717, 1.165) is 6.26 Å². The molecule has 0 aliphatic heterocycles. The fourth-order valence-electron chi connectivity index (χ4n) is 2.90. The van der Waals surface area contributed by atoms with Gasteiger partial charge in [-0.25, -0.2) is 13.4 Å². The van der Waals surface area contributed by atoms with Crippen LogP contribution in [-0.4, -0.2) is 42.3 Å². The van der Waals surface area contributed by atoms with Gasteiger partial charge in [-0.05, 0) is 18.1 Å². The molecule has 2 heterocycles. The molecule has 3 aromatic rings. The molecule has 2 aromatic heterocycles. The molecule has 28 heavy (non-hydrogen) atoms. The van der Waals surface area contributed by atoms with Crippen molar-refractivity contribution < 1.29 is 17.9 Å². The zero-order valence-electron chi connectivity index (χ0n) is 15.9. The molecular formula is C18H21N5O4S. The standard InChI is InChI=1S/C18H21N5O4S/c1-10(2)14-17-20-9-13(15(19)24)16(23(17)22-18(14)28(4,25)26)21-11-6-5-7-12(8-11)27-3/h5-10,21H,1-4H3,(H2,19,24). The Kier molecular flexibility index (Phi) is 4.99. The molecule has 148 valence electrons. The molecule has 0 saturated heterocycles. The number of hydrogen-bond donors (Lipinski definition) is 2. The highest BCUT2D eigenvalue weighted by Crippen LogP contribution is 2.31. The number of aromatic nitrogens is 3. The number of fused-ring (bicyclic) bond motifs is 1. The van der Waals surface area contributed by atoms with Crippen LogP contribution in [0, 0.1) is 0 Å². The number of amides is 1. The molecule has 10 heteroatoms. The van der Waals surface area contributed by atoms with Gasteiger partial charge in [0.2, 0.25) is 0 Å². The van der Waals surface area contributed by atoms with E-state index in [1.807, 2.05) is 13.8 Å². The van der Waals surface area contributed by atoms with Crippen LogP contribution in [-0.2, 0) is 9.84 Å². The van der Waals surface area contributed by atoms with Crippen molar-refractivity contribution in [3.05, 3.63) is 41.6 Å². The van der Waals surface area contributed by atoms with Gasteiger partial charge in [-0.1, -0.05) is 19.9 Å². The molecule has 0 unspecified atom stereocenters. The minimum Gasteiger partial charge on any atom is -0.497 e. The minimum absolute atomic E-state index is 0.0770. The maximum Gasteiger partial charge on any atom is 0.254 e. The Balaban J connectivity index is 2.32. The van der Waals surface area contributed by atoms with Gasteiger partial charge in [-0.15, -0.1) is 0 Å². The van der Waals surface area contributed by atoms with Gasteiger partial charge in [0.15, 0.2) is 20.5 Å². The Bertz CT molecular complexity index is 1170. The van der Waals surface area contributed by atoms with Gasteiger partial charge in [0.1, 0.15) is 17.1 Å². The lowest BCUT2D eigenvalue weighted by atomic mass is 10.1. The zero-order chi connectivity index (χ0) is 20.6. The van der Waals surface area contributed by atoms with Crippen molar-refractivity contribution in [3.63, 3.8) is 0 Å². The number of rotatable bonds is 6. The number of nitrogens with one attached hydrogen (secondary N) is 1. The number of methoxy groups -OCH3 is 1. The van der Waals surface area contributed by atoms with Crippen molar-refractivity contribution in [1.29, 1.82) is 0 Å². The molecular weight excluding hydrogens is 382 g/mol. The number of nitrogens with two attached hydrogens (primary N) is 1. The Labute approximate surface area is 162 Å². The molecule has 9 nitrogen and oxygen atoms in total. The van der Waals surface area contributed by atoms with Crippen LogP contribution < -0.4 is 15.8 Å². The summed E-state index contributed by atoms with van der Waals surface area (Å²) in [5, 5.41) is 7.26. The first-order chi connectivity index (χ1) is 13.1. The highest BCUT2D eigenvalue weighted by atomic mass is 32.2. The average Bonchev–Trinajstić information content (AvgIpc) is 3.02. The summed E-state index contributed by atoms with van der Waals surface area (Å²) in [6.45, 7) is 3.70. The van der Waals surface area contributed by atoms with E-state index in [9.17, 15) is 13.2 Å². The molecule has 0 atom stereocenters. The fourth-order valence-corrected chi connectivity index (χ4v) is 3.86. The Hall–Kier alpha value is -3.14. The third kappa shape index (κ3) is 3.50. The predicted molar refractivity (Wildman–Crippen MR) is 105 cm³/mol. The number of hydrogen-bond acceptors (Lipinski definition) is 7. The SMILES string of the molecule is COc1cccc(Nc2c(C(N)=O)cnc3c(C(C)C)c(S(C)(=O)=O)nn23)c1. The number of nitrogens with zero attached hydrogens (tertiary/aromatic N) is 3. The molecule has 3 N–H and O–H groups in total. The summed E-state index contributed by atoms with van der Waals surface area (Å²) >= 11 is 0. The Morgan fingerprint density at radius 1 is 1.32 bits per heavy atom. The summed E-state index contributed by atoms with van der Waals surface area (Å²) < 4.78 is 31.1. The Morgan fingerprint density at radius 2 is 2.04 bits per heavy atom. The van der Waals surface area contributed by atoms with Crippen molar-refractivity contribution >= 4 is 32.9 Å². The van der Waals surface area contributed by atoms with E-state index < -0.39 is 15.7 Å². The number of primary amides is 1. The normalized spacial score (nSPS) is 11.8. The van der Waals surface area contributed by atoms with Crippen LogP contribution in [0.4, 0.5) is 11.5 Å². The number of carbonyl (C=O) groups excluding carboxylic acids is 1. The van der Waals surface area contributed by atoms with Crippen LogP contribution in [0.15, 0.2) is 35.5 Å². The Morgan fingerprint density at radius 3 is 2.61 bits per heavy atom. The summed E-state index contributed by atoms with van der Waals surface area (Å²) in [5.41, 5.74) is 7.01. The summed E-state index contributed by atoms with van der Waals surface area (Å²) in [6, 6.07) is 7.04. The number of benzene rings is 1. The maximum absolute atomic E-state index is 12.3. The van der Waals surface area contributed by atoms with Crippen LogP contribution in [0.5, 0.6) is 5.75 Å². The first kappa shape index (κ1) is 19.6. The molecule has 0 aliphatic carbocycles. The van der Waals surface area contributed by atoms with Crippen molar-refractivity contribution in [1.82, 2.24) is 14.6 Å². The maximum atomic E-state index is 12.3. The predicted octanol–water partition coefficient (Wildman–Crippen LogP) is 2.11. The molecule has 0 bridgehead atoms. The van der Waals surface area contributed by atoms with Crippen molar-refractivity contribution in [2.45, 2.75) is 24.8 Å².